The van der Waals surface area contributed by atoms with Crippen LogP contribution in [0.25, 0.3) is 0 Å². The predicted molar refractivity (Wildman–Crippen MR) is 142 cm³/mol. The quantitative estimate of drug-likeness (QED) is 0.599. The molecule has 1 heterocycles. The third kappa shape index (κ3) is 6.97. The van der Waals surface area contributed by atoms with E-state index in [1.165, 1.54) is 19.1 Å². The van der Waals surface area contributed by atoms with Crippen molar-refractivity contribution in [1.29, 1.82) is 0 Å². The van der Waals surface area contributed by atoms with E-state index in [9.17, 15) is 14.0 Å². The minimum absolute atomic E-state index is 0.0179. The number of benzene rings is 2. The molecule has 8 heteroatoms. The number of fused-ring (bicyclic) bond motifs is 1. The Bertz CT molecular complexity index is 1050. The molecule has 36 heavy (non-hydrogen) atoms. The van der Waals surface area contributed by atoms with Crippen LogP contribution >= 0.6 is 0 Å². The molecule has 2 amide bonds. The van der Waals surface area contributed by atoms with Gasteiger partial charge in [0.1, 0.15) is 11.6 Å². The smallest absolute Gasteiger partial charge is 0.224 e. The van der Waals surface area contributed by atoms with E-state index in [2.05, 4.69) is 18.7 Å². The van der Waals surface area contributed by atoms with Gasteiger partial charge in [0, 0.05) is 65.7 Å². The highest BCUT2D eigenvalue weighted by molar-refractivity contribution is 5.92. The number of anilines is 2. The summed E-state index contributed by atoms with van der Waals surface area (Å²) in [5.74, 6) is 0.253. The Morgan fingerprint density at radius 2 is 1.83 bits per heavy atom. The lowest BCUT2D eigenvalue weighted by atomic mass is 10.1. The highest BCUT2D eigenvalue weighted by Crippen LogP contribution is 2.28. The summed E-state index contributed by atoms with van der Waals surface area (Å²) in [4.78, 5) is 33.8. The van der Waals surface area contributed by atoms with Crippen molar-refractivity contribution in [3.8, 4) is 5.75 Å². The average molecular weight is 499 g/mol. The van der Waals surface area contributed by atoms with Crippen molar-refractivity contribution in [2.75, 3.05) is 56.7 Å². The second kappa shape index (κ2) is 12.7. The molecule has 2 aromatic rings. The molecule has 0 saturated carbocycles. The third-order valence-corrected chi connectivity index (χ3v) is 6.80. The molecule has 0 saturated heterocycles. The van der Waals surface area contributed by atoms with Crippen molar-refractivity contribution >= 4 is 23.2 Å². The van der Waals surface area contributed by atoms with Crippen LogP contribution in [-0.2, 0) is 16.1 Å². The lowest BCUT2D eigenvalue weighted by Crippen LogP contribution is -2.42. The summed E-state index contributed by atoms with van der Waals surface area (Å²) in [6.45, 7) is 9.24. The predicted octanol–water partition coefficient (Wildman–Crippen LogP) is 4.16. The molecule has 0 spiro atoms. The van der Waals surface area contributed by atoms with Gasteiger partial charge in [0.25, 0.3) is 0 Å². The molecule has 0 N–H and O–H groups in total. The lowest BCUT2D eigenvalue weighted by Gasteiger charge is -2.30. The largest absolute Gasteiger partial charge is 0.495 e. The van der Waals surface area contributed by atoms with Crippen LogP contribution in [0.2, 0.25) is 0 Å². The summed E-state index contributed by atoms with van der Waals surface area (Å²) in [6.07, 6.45) is 1.09. The van der Waals surface area contributed by atoms with Crippen LogP contribution in [0.3, 0.4) is 0 Å². The zero-order valence-electron chi connectivity index (χ0n) is 22.2. The van der Waals surface area contributed by atoms with Crippen molar-refractivity contribution in [2.45, 2.75) is 46.2 Å². The molecule has 7 nitrogen and oxygen atoms in total. The Balaban J connectivity index is 1.85. The van der Waals surface area contributed by atoms with E-state index in [1.807, 2.05) is 41.1 Å². The second-order valence-electron chi connectivity index (χ2n) is 9.59. The molecular weight excluding hydrogens is 459 g/mol. The zero-order valence-corrected chi connectivity index (χ0v) is 22.2. The molecule has 0 radical (unpaired) electrons. The minimum Gasteiger partial charge on any atom is -0.495 e. The summed E-state index contributed by atoms with van der Waals surface area (Å²) < 4.78 is 19.7. The molecular formula is C28H39FN4O3. The SMILES string of the molecule is COc1ccccc1N(C)CCC(=O)N1CCN(C(C)C)CCCN(C(C)=O)c2cc(F)ccc2C1. The van der Waals surface area contributed by atoms with Crippen molar-refractivity contribution in [3.63, 3.8) is 0 Å². The van der Waals surface area contributed by atoms with Crippen LogP contribution in [0, 0.1) is 5.82 Å². The summed E-state index contributed by atoms with van der Waals surface area (Å²) in [5.41, 5.74) is 2.25. The molecule has 1 aliphatic rings. The third-order valence-electron chi connectivity index (χ3n) is 6.80. The first kappa shape index (κ1) is 27.5. The molecule has 0 unspecified atom stereocenters. The fourth-order valence-corrected chi connectivity index (χ4v) is 4.66. The number of carbonyl (C=O) groups excluding carboxylic acids is 2. The number of ether oxygens (including phenoxy) is 1. The van der Waals surface area contributed by atoms with Crippen LogP contribution in [0.1, 0.15) is 39.2 Å². The van der Waals surface area contributed by atoms with Gasteiger partial charge in [-0.25, -0.2) is 4.39 Å². The van der Waals surface area contributed by atoms with Crippen molar-refractivity contribution < 1.29 is 18.7 Å². The number of methoxy groups -OCH3 is 1. The molecule has 1 aliphatic heterocycles. The van der Waals surface area contributed by atoms with Crippen molar-refractivity contribution in [1.82, 2.24) is 9.80 Å². The summed E-state index contributed by atoms with van der Waals surface area (Å²) in [7, 11) is 3.58. The van der Waals surface area contributed by atoms with Gasteiger partial charge in [-0.1, -0.05) is 18.2 Å². The molecule has 0 aromatic heterocycles. The van der Waals surface area contributed by atoms with Crippen molar-refractivity contribution in [2.24, 2.45) is 0 Å². The van der Waals surface area contributed by atoms with Gasteiger partial charge in [-0.3, -0.25) is 14.5 Å². The monoisotopic (exact) mass is 498 g/mol. The van der Waals surface area contributed by atoms with Crippen LogP contribution < -0.4 is 14.5 Å². The number of nitrogens with zero attached hydrogens (tertiary/aromatic N) is 4. The standard InChI is InChI=1S/C28H39FN4O3/c1-21(2)31-14-8-15-33(22(3)34)26-19-24(29)12-11-23(26)20-32(18-17-31)28(35)13-16-30(4)25-9-6-7-10-27(25)36-5/h6-7,9-12,19,21H,8,13-18,20H2,1-5H3. The van der Waals surface area contributed by atoms with E-state index in [4.69, 9.17) is 4.74 Å². The van der Waals surface area contributed by atoms with Gasteiger partial charge >= 0.3 is 0 Å². The van der Waals surface area contributed by atoms with Gasteiger partial charge in [0.15, 0.2) is 0 Å². The Morgan fingerprint density at radius 1 is 1.08 bits per heavy atom. The van der Waals surface area contributed by atoms with E-state index in [0.29, 0.717) is 44.3 Å². The van der Waals surface area contributed by atoms with Gasteiger partial charge in [-0.15, -0.1) is 0 Å². The van der Waals surface area contributed by atoms with Gasteiger partial charge in [0.2, 0.25) is 11.8 Å². The summed E-state index contributed by atoms with van der Waals surface area (Å²) in [5, 5.41) is 0. The average Bonchev–Trinajstić information content (AvgIpc) is 2.89. The van der Waals surface area contributed by atoms with E-state index in [1.54, 1.807) is 18.1 Å². The fourth-order valence-electron chi connectivity index (χ4n) is 4.66. The maximum absolute atomic E-state index is 14.2. The topological polar surface area (TPSA) is 56.3 Å². The number of hydrogen-bond acceptors (Lipinski definition) is 5. The number of rotatable bonds is 6. The Morgan fingerprint density at radius 3 is 2.53 bits per heavy atom. The van der Waals surface area contributed by atoms with Crippen molar-refractivity contribution in [3.05, 3.63) is 53.8 Å². The molecule has 2 aromatic carbocycles. The van der Waals surface area contributed by atoms with Crippen LogP contribution in [-0.4, -0.2) is 74.5 Å². The van der Waals surface area contributed by atoms with E-state index < -0.39 is 5.82 Å². The number of amides is 2. The Kier molecular flexibility index (Phi) is 9.70. The normalized spacial score (nSPS) is 15.3. The first-order valence-corrected chi connectivity index (χ1v) is 12.6. The molecule has 3 rings (SSSR count). The lowest BCUT2D eigenvalue weighted by molar-refractivity contribution is -0.132. The highest BCUT2D eigenvalue weighted by Gasteiger charge is 2.24. The van der Waals surface area contributed by atoms with Crippen LogP contribution in [0.4, 0.5) is 15.8 Å². The number of carbonyl (C=O) groups is 2. The second-order valence-corrected chi connectivity index (χ2v) is 9.59. The number of para-hydroxylation sites is 2. The van der Waals surface area contributed by atoms with Gasteiger partial charge < -0.3 is 19.4 Å². The van der Waals surface area contributed by atoms with Gasteiger partial charge in [0.05, 0.1) is 18.5 Å². The van der Waals surface area contributed by atoms with Crippen LogP contribution in [0.15, 0.2) is 42.5 Å². The Labute approximate surface area is 214 Å². The summed E-state index contributed by atoms with van der Waals surface area (Å²) in [6, 6.07) is 12.5. The maximum atomic E-state index is 14.2. The molecule has 0 atom stereocenters. The maximum Gasteiger partial charge on any atom is 0.224 e. The fraction of sp³-hybridized carbons (Fsp3) is 0.500. The van der Waals surface area contributed by atoms with E-state index in [-0.39, 0.29) is 11.8 Å². The van der Waals surface area contributed by atoms with Gasteiger partial charge in [-0.2, -0.15) is 0 Å². The first-order chi connectivity index (χ1) is 17.2. The molecule has 0 aliphatic carbocycles. The first-order valence-electron chi connectivity index (χ1n) is 12.6. The van der Waals surface area contributed by atoms with Gasteiger partial charge in [-0.05, 0) is 50.1 Å². The Hall–Kier alpha value is -3.13. The number of halogens is 1. The van der Waals surface area contributed by atoms with E-state index in [0.717, 1.165) is 36.5 Å². The van der Waals surface area contributed by atoms with E-state index >= 15 is 0 Å². The molecule has 0 fully saturated rings. The molecule has 196 valence electrons. The number of hydrogen-bond donors (Lipinski definition) is 0. The highest BCUT2D eigenvalue weighted by atomic mass is 19.1. The zero-order chi connectivity index (χ0) is 26.2. The summed E-state index contributed by atoms with van der Waals surface area (Å²) >= 11 is 0. The molecule has 0 bridgehead atoms. The minimum atomic E-state index is -0.394. The van der Waals surface area contributed by atoms with Crippen LogP contribution in [0.5, 0.6) is 5.75 Å².